The van der Waals surface area contributed by atoms with Gasteiger partial charge in [-0.15, -0.1) is 34.3 Å². The van der Waals surface area contributed by atoms with Gasteiger partial charge in [0.05, 0.1) is 5.38 Å². The van der Waals surface area contributed by atoms with Crippen LogP contribution in [0, 0.1) is 6.92 Å². The first-order chi connectivity index (χ1) is 8.74. The van der Waals surface area contributed by atoms with Gasteiger partial charge in [0, 0.05) is 32.6 Å². The molecule has 1 unspecified atom stereocenters. The quantitative estimate of drug-likeness (QED) is 0.606. The number of nitrogens with zero attached hydrogens (tertiary/aromatic N) is 1. The van der Waals surface area contributed by atoms with Gasteiger partial charge in [0.15, 0.2) is 0 Å². The Labute approximate surface area is 119 Å². The number of alkyl halides is 1. The van der Waals surface area contributed by atoms with Crippen LogP contribution in [0.1, 0.15) is 21.5 Å². The molecule has 0 bridgehead atoms. The van der Waals surface area contributed by atoms with Crippen molar-refractivity contribution in [2.24, 2.45) is 0 Å². The lowest BCUT2D eigenvalue weighted by atomic mass is 10.1. The minimum absolute atomic E-state index is 0.0169. The number of pyridine rings is 1. The summed E-state index contributed by atoms with van der Waals surface area (Å²) in [4.78, 5) is 5.65. The molecular weight excluding hydrogens is 282 g/mol. The largest absolute Gasteiger partial charge is 0.261 e. The first-order valence-corrected chi connectivity index (χ1v) is 7.89. The minimum Gasteiger partial charge on any atom is -0.261 e. The molecule has 92 valence electrons. The summed E-state index contributed by atoms with van der Waals surface area (Å²) in [5.41, 5.74) is 2.30. The van der Waals surface area contributed by atoms with Crippen LogP contribution in [0.4, 0.5) is 0 Å². The van der Waals surface area contributed by atoms with Gasteiger partial charge < -0.3 is 0 Å². The molecule has 3 aromatic rings. The molecule has 3 aromatic heterocycles. The molecule has 3 heterocycles. The fourth-order valence-corrected chi connectivity index (χ4v) is 4.38. The van der Waals surface area contributed by atoms with E-state index in [2.05, 4.69) is 35.5 Å². The van der Waals surface area contributed by atoms with Crippen molar-refractivity contribution in [3.63, 3.8) is 0 Å². The highest BCUT2D eigenvalue weighted by atomic mass is 35.5. The van der Waals surface area contributed by atoms with E-state index in [1.807, 2.05) is 12.3 Å². The van der Waals surface area contributed by atoms with Crippen LogP contribution in [-0.4, -0.2) is 4.98 Å². The van der Waals surface area contributed by atoms with Crippen molar-refractivity contribution in [1.82, 2.24) is 4.98 Å². The Hall–Kier alpha value is -0.900. The summed E-state index contributed by atoms with van der Waals surface area (Å²) in [7, 11) is 0. The number of rotatable bonds is 3. The normalized spacial score (nSPS) is 13.0. The molecule has 0 aliphatic carbocycles. The lowest BCUT2D eigenvalue weighted by Gasteiger charge is -2.08. The third kappa shape index (κ3) is 2.30. The predicted molar refractivity (Wildman–Crippen MR) is 81.0 cm³/mol. The highest BCUT2D eigenvalue weighted by Gasteiger charge is 2.14. The molecule has 0 aliphatic heterocycles. The Morgan fingerprint density at radius 3 is 3.00 bits per heavy atom. The number of thiophene rings is 2. The minimum atomic E-state index is 0.0169. The SMILES string of the molecule is Cc1cccnc1CC(Cl)c1cc2sccc2s1. The first kappa shape index (κ1) is 12.2. The molecule has 1 nitrogen and oxygen atoms in total. The van der Waals surface area contributed by atoms with Crippen molar-refractivity contribution >= 4 is 43.7 Å². The smallest absolute Gasteiger partial charge is 0.0734 e. The average Bonchev–Trinajstić information content (AvgIpc) is 2.92. The van der Waals surface area contributed by atoms with Crippen LogP contribution in [0.3, 0.4) is 0 Å². The Balaban J connectivity index is 1.85. The summed E-state index contributed by atoms with van der Waals surface area (Å²) in [6.45, 7) is 2.08. The van der Waals surface area contributed by atoms with E-state index in [1.165, 1.54) is 19.8 Å². The zero-order valence-corrected chi connectivity index (χ0v) is 12.3. The van der Waals surface area contributed by atoms with Crippen LogP contribution < -0.4 is 0 Å². The Morgan fingerprint density at radius 2 is 2.22 bits per heavy atom. The van der Waals surface area contributed by atoms with E-state index in [4.69, 9.17) is 11.6 Å². The Morgan fingerprint density at radius 1 is 1.33 bits per heavy atom. The summed E-state index contributed by atoms with van der Waals surface area (Å²) in [5, 5.41) is 2.14. The lowest BCUT2D eigenvalue weighted by Crippen LogP contribution is -1.98. The predicted octanol–water partition coefficient (Wildman–Crippen LogP) is 5.19. The summed E-state index contributed by atoms with van der Waals surface area (Å²) in [6, 6.07) is 8.41. The van der Waals surface area contributed by atoms with Crippen molar-refractivity contribution in [3.8, 4) is 0 Å². The molecule has 18 heavy (non-hydrogen) atoms. The van der Waals surface area contributed by atoms with Crippen LogP contribution in [0.2, 0.25) is 0 Å². The summed E-state index contributed by atoms with van der Waals surface area (Å²) in [6.07, 6.45) is 2.63. The van der Waals surface area contributed by atoms with E-state index in [9.17, 15) is 0 Å². The van der Waals surface area contributed by atoms with Gasteiger partial charge in [-0.2, -0.15) is 0 Å². The van der Waals surface area contributed by atoms with E-state index in [0.717, 1.165) is 12.1 Å². The maximum absolute atomic E-state index is 6.52. The van der Waals surface area contributed by atoms with Crippen molar-refractivity contribution in [1.29, 1.82) is 0 Å². The van der Waals surface area contributed by atoms with Gasteiger partial charge in [0.2, 0.25) is 0 Å². The number of hydrogen-bond donors (Lipinski definition) is 0. The summed E-state index contributed by atoms with van der Waals surface area (Å²) < 4.78 is 2.66. The van der Waals surface area contributed by atoms with Crippen LogP contribution in [-0.2, 0) is 6.42 Å². The molecule has 0 aromatic carbocycles. The van der Waals surface area contributed by atoms with Crippen LogP contribution in [0.5, 0.6) is 0 Å². The fourth-order valence-electron chi connectivity index (χ4n) is 1.94. The van der Waals surface area contributed by atoms with Crippen molar-refractivity contribution in [2.45, 2.75) is 18.7 Å². The summed E-state index contributed by atoms with van der Waals surface area (Å²) >= 11 is 10.1. The third-order valence-electron chi connectivity index (χ3n) is 2.96. The number of fused-ring (bicyclic) bond motifs is 1. The molecule has 4 heteroatoms. The highest BCUT2D eigenvalue weighted by molar-refractivity contribution is 7.27. The zero-order valence-electron chi connectivity index (χ0n) is 9.89. The molecular formula is C14H12ClNS2. The maximum atomic E-state index is 6.52. The molecule has 0 saturated carbocycles. The van der Waals surface area contributed by atoms with Crippen molar-refractivity contribution in [2.75, 3.05) is 0 Å². The second kappa shape index (κ2) is 5.00. The van der Waals surface area contributed by atoms with E-state index in [0.29, 0.717) is 0 Å². The van der Waals surface area contributed by atoms with E-state index < -0.39 is 0 Å². The number of halogens is 1. The molecule has 1 atom stereocenters. The van der Waals surface area contributed by atoms with Gasteiger partial charge in [-0.25, -0.2) is 0 Å². The maximum Gasteiger partial charge on any atom is 0.0734 e. The zero-order chi connectivity index (χ0) is 12.5. The fraction of sp³-hybridized carbons (Fsp3) is 0.214. The topological polar surface area (TPSA) is 12.9 Å². The first-order valence-electron chi connectivity index (χ1n) is 5.75. The number of hydrogen-bond acceptors (Lipinski definition) is 3. The van der Waals surface area contributed by atoms with Gasteiger partial charge in [0.1, 0.15) is 0 Å². The molecule has 0 N–H and O–H groups in total. The third-order valence-corrected chi connectivity index (χ3v) is 5.68. The van der Waals surface area contributed by atoms with Gasteiger partial charge >= 0.3 is 0 Å². The van der Waals surface area contributed by atoms with Crippen LogP contribution in [0.25, 0.3) is 9.40 Å². The van der Waals surface area contributed by atoms with E-state index in [1.54, 1.807) is 22.7 Å². The Bertz CT molecular complexity index is 643. The van der Waals surface area contributed by atoms with Crippen LogP contribution in [0.15, 0.2) is 35.8 Å². The molecule has 0 radical (unpaired) electrons. The Kier molecular flexibility index (Phi) is 3.37. The van der Waals surface area contributed by atoms with Crippen molar-refractivity contribution in [3.05, 3.63) is 52.0 Å². The monoisotopic (exact) mass is 293 g/mol. The standard InChI is InChI=1S/C14H12ClNS2/c1-9-3-2-5-16-11(9)7-10(15)13-8-14-12(18-13)4-6-17-14/h2-6,8,10H,7H2,1H3. The number of aryl methyl sites for hydroxylation is 1. The highest BCUT2D eigenvalue weighted by Crippen LogP contribution is 2.37. The van der Waals surface area contributed by atoms with Gasteiger partial charge in [0.25, 0.3) is 0 Å². The molecule has 0 spiro atoms. The van der Waals surface area contributed by atoms with Gasteiger partial charge in [-0.05, 0) is 36.1 Å². The molecule has 0 amide bonds. The lowest BCUT2D eigenvalue weighted by molar-refractivity contribution is 0.884. The number of aromatic nitrogens is 1. The molecule has 0 saturated heterocycles. The molecule has 0 fully saturated rings. The molecule has 3 rings (SSSR count). The van der Waals surface area contributed by atoms with Gasteiger partial charge in [-0.3, -0.25) is 4.98 Å². The van der Waals surface area contributed by atoms with Crippen LogP contribution >= 0.6 is 34.3 Å². The van der Waals surface area contributed by atoms with Gasteiger partial charge in [-0.1, -0.05) is 6.07 Å². The second-order valence-corrected chi connectivity index (χ2v) is 6.83. The molecule has 0 aliphatic rings. The van der Waals surface area contributed by atoms with E-state index >= 15 is 0 Å². The van der Waals surface area contributed by atoms with Crippen molar-refractivity contribution < 1.29 is 0 Å². The summed E-state index contributed by atoms with van der Waals surface area (Å²) in [5.74, 6) is 0. The van der Waals surface area contributed by atoms with E-state index in [-0.39, 0.29) is 5.38 Å². The average molecular weight is 294 g/mol. The second-order valence-electron chi connectivity index (χ2n) is 4.24.